The van der Waals surface area contributed by atoms with Crippen LogP contribution in [0.15, 0.2) is 6.07 Å². The van der Waals surface area contributed by atoms with Crippen LogP contribution in [-0.2, 0) is 6.54 Å². The molecule has 82 valence electrons. The fourth-order valence-corrected chi connectivity index (χ4v) is 2.12. The average Bonchev–Trinajstić information content (AvgIpc) is 2.49. The molecule has 1 aromatic rings. The molecule has 4 nitrogen and oxygen atoms in total. The number of nitrogens with zero attached hydrogens (tertiary/aromatic N) is 3. The minimum atomic E-state index is 0.297. The van der Waals surface area contributed by atoms with E-state index in [1.807, 2.05) is 6.92 Å². The predicted octanol–water partition coefficient (Wildman–Crippen LogP) is 0.971. The van der Waals surface area contributed by atoms with Crippen LogP contribution in [0.2, 0.25) is 5.15 Å². The van der Waals surface area contributed by atoms with Crippen molar-refractivity contribution in [3.63, 3.8) is 0 Å². The Kier molecular flexibility index (Phi) is 3.19. The Morgan fingerprint density at radius 3 is 3.00 bits per heavy atom. The predicted molar refractivity (Wildman–Crippen MR) is 59.6 cm³/mol. The number of hydrogen-bond acceptors (Lipinski definition) is 4. The maximum atomic E-state index is 5.87. The maximum absolute atomic E-state index is 5.87. The van der Waals surface area contributed by atoms with Gasteiger partial charge in [-0.15, -0.1) is 0 Å². The number of hydrogen-bond donors (Lipinski definition) is 1. The molecule has 0 aromatic carbocycles. The second kappa shape index (κ2) is 4.43. The fourth-order valence-electron chi connectivity index (χ4n) is 1.87. The third-order valence-electron chi connectivity index (χ3n) is 2.54. The minimum absolute atomic E-state index is 0.297. The van der Waals surface area contributed by atoms with Crippen LogP contribution in [0.5, 0.6) is 0 Å². The molecule has 0 aliphatic carbocycles. The first-order valence-electron chi connectivity index (χ1n) is 5.11. The zero-order valence-electron chi connectivity index (χ0n) is 8.78. The van der Waals surface area contributed by atoms with Crippen LogP contribution in [0.1, 0.15) is 17.9 Å². The van der Waals surface area contributed by atoms with E-state index < -0.39 is 0 Å². The molecule has 2 rings (SSSR count). The molecule has 1 saturated heterocycles. The topological polar surface area (TPSA) is 55.0 Å². The van der Waals surface area contributed by atoms with Gasteiger partial charge in [-0.3, -0.25) is 4.90 Å². The van der Waals surface area contributed by atoms with Crippen molar-refractivity contribution < 1.29 is 0 Å². The SMILES string of the molecule is Cc1cc(Cl)nc(CN2CC[C@H](N)C2)n1. The van der Waals surface area contributed by atoms with E-state index in [4.69, 9.17) is 17.3 Å². The Morgan fingerprint density at radius 1 is 1.60 bits per heavy atom. The van der Waals surface area contributed by atoms with E-state index in [2.05, 4.69) is 14.9 Å². The zero-order valence-corrected chi connectivity index (χ0v) is 9.54. The third kappa shape index (κ3) is 2.87. The Morgan fingerprint density at radius 2 is 2.40 bits per heavy atom. The van der Waals surface area contributed by atoms with E-state index in [9.17, 15) is 0 Å². The normalized spacial score (nSPS) is 22.2. The molecule has 15 heavy (non-hydrogen) atoms. The molecule has 0 saturated carbocycles. The van der Waals surface area contributed by atoms with Gasteiger partial charge in [-0.1, -0.05) is 11.6 Å². The monoisotopic (exact) mass is 226 g/mol. The average molecular weight is 227 g/mol. The fraction of sp³-hybridized carbons (Fsp3) is 0.600. The van der Waals surface area contributed by atoms with Crippen molar-refractivity contribution in [1.82, 2.24) is 14.9 Å². The summed E-state index contributed by atoms with van der Waals surface area (Å²) in [6.45, 7) is 4.62. The Hall–Kier alpha value is -0.710. The summed E-state index contributed by atoms with van der Waals surface area (Å²) in [5.74, 6) is 0.786. The van der Waals surface area contributed by atoms with Crippen LogP contribution in [-0.4, -0.2) is 34.0 Å². The standard InChI is InChI=1S/C10H15ClN4/c1-7-4-9(11)14-10(13-7)6-15-3-2-8(12)5-15/h4,8H,2-3,5-6,12H2,1H3/t8-/m0/s1. The molecule has 2 heterocycles. The van der Waals surface area contributed by atoms with Crippen molar-refractivity contribution in [1.29, 1.82) is 0 Å². The maximum Gasteiger partial charge on any atom is 0.144 e. The smallest absolute Gasteiger partial charge is 0.144 e. The number of aromatic nitrogens is 2. The summed E-state index contributed by atoms with van der Waals surface area (Å²) in [6, 6.07) is 2.06. The quantitative estimate of drug-likeness (QED) is 0.764. The van der Waals surface area contributed by atoms with Gasteiger partial charge in [-0.25, -0.2) is 9.97 Å². The second-order valence-electron chi connectivity index (χ2n) is 4.03. The molecule has 1 atom stereocenters. The highest BCUT2D eigenvalue weighted by Crippen LogP contribution is 2.12. The molecular formula is C10H15ClN4. The van der Waals surface area contributed by atoms with Gasteiger partial charge in [0.1, 0.15) is 11.0 Å². The Labute approximate surface area is 94.5 Å². The molecular weight excluding hydrogens is 212 g/mol. The summed E-state index contributed by atoms with van der Waals surface area (Å²) in [7, 11) is 0. The summed E-state index contributed by atoms with van der Waals surface area (Å²) in [5, 5.41) is 0.515. The lowest BCUT2D eigenvalue weighted by Crippen LogP contribution is -2.27. The number of nitrogens with two attached hydrogens (primary N) is 1. The highest BCUT2D eigenvalue weighted by Gasteiger charge is 2.19. The molecule has 1 aliphatic heterocycles. The minimum Gasteiger partial charge on any atom is -0.326 e. The molecule has 0 radical (unpaired) electrons. The van der Waals surface area contributed by atoms with E-state index in [1.54, 1.807) is 6.07 Å². The Balaban J connectivity index is 2.04. The van der Waals surface area contributed by atoms with Crippen molar-refractivity contribution in [2.24, 2.45) is 5.73 Å². The van der Waals surface area contributed by atoms with Gasteiger partial charge in [0.25, 0.3) is 0 Å². The lowest BCUT2D eigenvalue weighted by atomic mass is 10.3. The van der Waals surface area contributed by atoms with E-state index in [0.29, 0.717) is 11.2 Å². The zero-order chi connectivity index (χ0) is 10.8. The molecule has 5 heteroatoms. The summed E-state index contributed by atoms with van der Waals surface area (Å²) >= 11 is 5.87. The van der Waals surface area contributed by atoms with Crippen LogP contribution in [0.4, 0.5) is 0 Å². The molecule has 0 bridgehead atoms. The van der Waals surface area contributed by atoms with Gasteiger partial charge in [0.2, 0.25) is 0 Å². The third-order valence-corrected chi connectivity index (χ3v) is 2.74. The van der Waals surface area contributed by atoms with Crippen molar-refractivity contribution >= 4 is 11.6 Å². The lowest BCUT2D eigenvalue weighted by Gasteiger charge is -2.13. The molecule has 1 aromatic heterocycles. The van der Waals surface area contributed by atoms with Crippen molar-refractivity contribution in [3.8, 4) is 0 Å². The molecule has 0 unspecified atom stereocenters. The number of aryl methyl sites for hydroxylation is 1. The van der Waals surface area contributed by atoms with E-state index in [1.165, 1.54) is 0 Å². The molecule has 1 aliphatic rings. The first-order valence-corrected chi connectivity index (χ1v) is 5.49. The van der Waals surface area contributed by atoms with Crippen LogP contribution < -0.4 is 5.73 Å². The number of halogens is 1. The number of rotatable bonds is 2. The molecule has 1 fully saturated rings. The van der Waals surface area contributed by atoms with Gasteiger partial charge in [0, 0.05) is 24.8 Å². The summed E-state index contributed by atoms with van der Waals surface area (Å²) in [6.07, 6.45) is 1.06. The summed E-state index contributed by atoms with van der Waals surface area (Å²) in [4.78, 5) is 10.8. The van der Waals surface area contributed by atoms with Gasteiger partial charge in [-0.05, 0) is 19.4 Å². The van der Waals surface area contributed by atoms with Crippen molar-refractivity contribution in [3.05, 3.63) is 22.7 Å². The summed E-state index contributed by atoms with van der Waals surface area (Å²) < 4.78 is 0. The van der Waals surface area contributed by atoms with Crippen molar-refractivity contribution in [2.45, 2.75) is 25.9 Å². The number of likely N-dealkylation sites (tertiary alicyclic amines) is 1. The van der Waals surface area contributed by atoms with Gasteiger partial charge in [-0.2, -0.15) is 0 Å². The first-order chi connectivity index (χ1) is 7.13. The molecule has 0 spiro atoms. The first kappa shape index (κ1) is 10.8. The van der Waals surface area contributed by atoms with Gasteiger partial charge in [0.15, 0.2) is 0 Å². The van der Waals surface area contributed by atoms with Crippen LogP contribution in [0.25, 0.3) is 0 Å². The lowest BCUT2D eigenvalue weighted by molar-refractivity contribution is 0.318. The second-order valence-corrected chi connectivity index (χ2v) is 4.42. The van der Waals surface area contributed by atoms with Gasteiger partial charge >= 0.3 is 0 Å². The van der Waals surface area contributed by atoms with E-state index in [0.717, 1.165) is 37.6 Å². The van der Waals surface area contributed by atoms with E-state index >= 15 is 0 Å². The molecule has 2 N–H and O–H groups in total. The van der Waals surface area contributed by atoms with Crippen molar-refractivity contribution in [2.75, 3.05) is 13.1 Å². The highest BCUT2D eigenvalue weighted by atomic mass is 35.5. The summed E-state index contributed by atoms with van der Waals surface area (Å²) in [5.41, 5.74) is 6.74. The van der Waals surface area contributed by atoms with Gasteiger partial charge in [0.05, 0.1) is 6.54 Å². The van der Waals surface area contributed by atoms with Crippen LogP contribution >= 0.6 is 11.6 Å². The highest BCUT2D eigenvalue weighted by molar-refractivity contribution is 6.29. The van der Waals surface area contributed by atoms with Gasteiger partial charge < -0.3 is 5.73 Å². The van der Waals surface area contributed by atoms with E-state index in [-0.39, 0.29) is 0 Å². The van der Waals surface area contributed by atoms with Crippen LogP contribution in [0, 0.1) is 6.92 Å². The molecule has 0 amide bonds. The van der Waals surface area contributed by atoms with Crippen LogP contribution in [0.3, 0.4) is 0 Å². The Bertz CT molecular complexity index is 335. The largest absolute Gasteiger partial charge is 0.326 e.